The molecule has 0 saturated heterocycles. The van der Waals surface area contributed by atoms with Gasteiger partial charge < -0.3 is 10.5 Å². The number of benzene rings is 2. The predicted octanol–water partition coefficient (Wildman–Crippen LogP) is 3.33. The molecule has 6 nitrogen and oxygen atoms in total. The third kappa shape index (κ3) is 4.45. The van der Waals surface area contributed by atoms with Crippen molar-refractivity contribution in [1.82, 2.24) is 0 Å². The number of nitrogens with two attached hydrogens (primary N) is 1. The SMILES string of the molecule is COc1ccc(C(=O)[N+]2(OCC3=C[C@H](C(N)=O)CC=C3)CCc3ccccc3C2)cc1. The summed E-state index contributed by atoms with van der Waals surface area (Å²) in [6.45, 7) is 1.22. The Bertz CT molecular complexity index is 1040. The van der Waals surface area contributed by atoms with Crippen LogP contribution in [-0.4, -0.2) is 36.7 Å². The molecule has 0 bridgehead atoms. The van der Waals surface area contributed by atoms with Gasteiger partial charge in [0.25, 0.3) is 0 Å². The maximum absolute atomic E-state index is 13.7. The second-order valence-corrected chi connectivity index (χ2v) is 7.99. The minimum atomic E-state index is -0.355. The van der Waals surface area contributed by atoms with Crippen molar-refractivity contribution in [3.05, 3.63) is 89.0 Å². The molecule has 2 aromatic carbocycles. The van der Waals surface area contributed by atoms with Crippen LogP contribution in [0.1, 0.15) is 27.9 Å². The summed E-state index contributed by atoms with van der Waals surface area (Å²) in [5.41, 5.74) is 9.25. The normalized spacial score (nSPS) is 22.4. The summed E-state index contributed by atoms with van der Waals surface area (Å²) in [4.78, 5) is 31.6. The number of allylic oxidation sites excluding steroid dienone is 1. The van der Waals surface area contributed by atoms with Crippen molar-refractivity contribution < 1.29 is 23.8 Å². The van der Waals surface area contributed by atoms with Crippen LogP contribution in [0.15, 0.2) is 72.3 Å². The highest BCUT2D eigenvalue weighted by molar-refractivity contribution is 5.88. The van der Waals surface area contributed by atoms with E-state index < -0.39 is 0 Å². The van der Waals surface area contributed by atoms with E-state index in [2.05, 4.69) is 12.1 Å². The molecule has 2 amide bonds. The number of methoxy groups -OCH3 is 1. The fourth-order valence-electron chi connectivity index (χ4n) is 4.16. The van der Waals surface area contributed by atoms with Crippen molar-refractivity contribution in [3.8, 4) is 5.75 Å². The van der Waals surface area contributed by atoms with E-state index in [1.54, 1.807) is 31.4 Å². The van der Waals surface area contributed by atoms with Crippen molar-refractivity contribution >= 4 is 11.8 Å². The summed E-state index contributed by atoms with van der Waals surface area (Å²) in [5, 5.41) is 0. The largest absolute Gasteiger partial charge is 0.497 e. The topological polar surface area (TPSA) is 78.6 Å². The average Bonchev–Trinajstić information content (AvgIpc) is 2.82. The lowest BCUT2D eigenvalue weighted by atomic mass is 9.96. The Morgan fingerprint density at radius 1 is 1.10 bits per heavy atom. The van der Waals surface area contributed by atoms with Crippen molar-refractivity contribution in [3.63, 3.8) is 0 Å². The zero-order valence-corrected chi connectivity index (χ0v) is 17.6. The number of ether oxygens (including phenoxy) is 1. The Morgan fingerprint density at radius 2 is 1.84 bits per heavy atom. The van der Waals surface area contributed by atoms with E-state index in [-0.39, 0.29) is 29.0 Å². The first-order valence-electron chi connectivity index (χ1n) is 10.4. The molecule has 2 atom stereocenters. The molecule has 1 aliphatic carbocycles. The first kappa shape index (κ1) is 21.0. The number of quaternary nitrogens is 1. The van der Waals surface area contributed by atoms with E-state index in [4.69, 9.17) is 15.3 Å². The number of carbonyl (C=O) groups excluding carboxylic acids is 2. The predicted molar refractivity (Wildman–Crippen MR) is 117 cm³/mol. The van der Waals surface area contributed by atoms with Crippen molar-refractivity contribution in [2.24, 2.45) is 11.7 Å². The van der Waals surface area contributed by atoms with Gasteiger partial charge in [0.15, 0.2) is 0 Å². The van der Waals surface area contributed by atoms with E-state index in [0.717, 1.165) is 17.6 Å². The highest BCUT2D eigenvalue weighted by Crippen LogP contribution is 2.30. The first-order valence-corrected chi connectivity index (χ1v) is 10.4. The van der Waals surface area contributed by atoms with Gasteiger partial charge >= 0.3 is 5.91 Å². The van der Waals surface area contributed by atoms with Crippen molar-refractivity contribution in [2.45, 2.75) is 19.4 Å². The number of hydrogen-bond donors (Lipinski definition) is 1. The number of carbonyl (C=O) groups is 2. The van der Waals surface area contributed by atoms with E-state index in [0.29, 0.717) is 30.8 Å². The molecule has 2 aliphatic rings. The average molecular weight is 420 g/mol. The fraction of sp³-hybridized carbons (Fsp3) is 0.280. The molecular weight excluding hydrogens is 392 g/mol. The Kier molecular flexibility index (Phi) is 6.02. The molecule has 31 heavy (non-hydrogen) atoms. The van der Waals surface area contributed by atoms with E-state index in [9.17, 15) is 9.59 Å². The lowest BCUT2D eigenvalue weighted by Gasteiger charge is -2.37. The standard InChI is InChI=1S/C25H26N2O4/c1-30-23-11-9-20(10-12-23)25(29)27(14-13-19-6-2-3-7-22(19)16-27)31-17-18-5-4-8-21(15-18)24(26)28/h2-7,9-12,15,21H,8,13-14,16-17H2,1H3,(H-,26,28)/p+1/t21-,27?/m1/s1. The van der Waals surface area contributed by atoms with Gasteiger partial charge in [-0.3, -0.25) is 4.79 Å². The molecule has 0 radical (unpaired) electrons. The summed E-state index contributed by atoms with van der Waals surface area (Å²) >= 11 is 0. The fourth-order valence-corrected chi connectivity index (χ4v) is 4.16. The molecular formula is C25H27N2O4+. The lowest BCUT2D eigenvalue weighted by Crippen LogP contribution is -2.55. The summed E-state index contributed by atoms with van der Waals surface area (Å²) < 4.78 is 5.09. The molecule has 6 heteroatoms. The van der Waals surface area contributed by atoms with Crippen LogP contribution in [0.2, 0.25) is 0 Å². The van der Waals surface area contributed by atoms with Gasteiger partial charge in [0.05, 0.1) is 18.6 Å². The highest BCUT2D eigenvalue weighted by atomic mass is 16.7. The van der Waals surface area contributed by atoms with Gasteiger partial charge in [-0.1, -0.05) is 42.5 Å². The van der Waals surface area contributed by atoms with Crippen LogP contribution in [0, 0.1) is 5.92 Å². The van der Waals surface area contributed by atoms with Crippen LogP contribution in [0.5, 0.6) is 5.75 Å². The third-order valence-corrected chi connectivity index (χ3v) is 5.97. The molecule has 1 unspecified atom stereocenters. The van der Waals surface area contributed by atoms with Crippen LogP contribution in [-0.2, 0) is 22.6 Å². The van der Waals surface area contributed by atoms with Crippen LogP contribution >= 0.6 is 0 Å². The Balaban J connectivity index is 1.62. The monoisotopic (exact) mass is 419 g/mol. The van der Waals surface area contributed by atoms with E-state index in [1.807, 2.05) is 30.4 Å². The van der Waals surface area contributed by atoms with Crippen molar-refractivity contribution in [1.29, 1.82) is 0 Å². The molecule has 0 spiro atoms. The first-order chi connectivity index (χ1) is 15.0. The maximum Gasteiger partial charge on any atom is 0.378 e. The number of hydrogen-bond acceptors (Lipinski definition) is 4. The number of primary amides is 1. The van der Waals surface area contributed by atoms with Crippen LogP contribution in [0.25, 0.3) is 0 Å². The number of fused-ring (bicyclic) bond motifs is 1. The third-order valence-electron chi connectivity index (χ3n) is 5.97. The number of hydroxylamine groups is 3. The van der Waals surface area contributed by atoms with Gasteiger partial charge in [0.1, 0.15) is 25.4 Å². The van der Waals surface area contributed by atoms with Gasteiger partial charge in [-0.05, 0) is 41.8 Å². The van der Waals surface area contributed by atoms with E-state index in [1.165, 1.54) is 5.56 Å². The van der Waals surface area contributed by atoms with Gasteiger partial charge in [0, 0.05) is 12.0 Å². The second kappa shape index (κ2) is 8.88. The molecule has 4 rings (SSSR count). The molecule has 160 valence electrons. The Morgan fingerprint density at radius 3 is 2.55 bits per heavy atom. The molecule has 0 fully saturated rings. The number of nitrogens with zero attached hydrogens (tertiary/aromatic N) is 1. The summed E-state index contributed by atoms with van der Waals surface area (Å²) in [7, 11) is 1.60. The molecule has 0 aromatic heterocycles. The van der Waals surface area contributed by atoms with Gasteiger partial charge in [0.2, 0.25) is 5.91 Å². The van der Waals surface area contributed by atoms with E-state index >= 15 is 0 Å². The Labute approximate surface area is 182 Å². The zero-order valence-electron chi connectivity index (χ0n) is 17.6. The number of amides is 2. The quantitative estimate of drug-likeness (QED) is 0.729. The van der Waals surface area contributed by atoms with Crippen LogP contribution < -0.4 is 10.5 Å². The lowest BCUT2D eigenvalue weighted by molar-refractivity contribution is -1.05. The summed E-state index contributed by atoms with van der Waals surface area (Å²) in [6, 6.07) is 15.3. The van der Waals surface area contributed by atoms with Crippen LogP contribution in [0.3, 0.4) is 0 Å². The maximum atomic E-state index is 13.7. The van der Waals surface area contributed by atoms with Gasteiger partial charge in [-0.25, -0.2) is 4.79 Å². The smallest absolute Gasteiger partial charge is 0.378 e. The molecule has 0 saturated carbocycles. The van der Waals surface area contributed by atoms with Gasteiger partial charge in [-0.2, -0.15) is 4.84 Å². The highest BCUT2D eigenvalue weighted by Gasteiger charge is 2.43. The van der Waals surface area contributed by atoms with Gasteiger partial charge in [-0.15, -0.1) is 4.65 Å². The van der Waals surface area contributed by atoms with Crippen molar-refractivity contribution in [2.75, 3.05) is 20.3 Å². The Hall–Kier alpha value is -3.22. The number of rotatable bonds is 6. The summed E-state index contributed by atoms with van der Waals surface area (Å²) in [5.74, 6) is -0.0876. The molecule has 2 N–H and O–H groups in total. The molecule has 1 heterocycles. The zero-order chi connectivity index (χ0) is 21.8. The minimum Gasteiger partial charge on any atom is -0.497 e. The minimum absolute atomic E-state index is 0.0935. The van der Waals surface area contributed by atoms with Crippen LogP contribution in [0.4, 0.5) is 0 Å². The molecule has 2 aromatic rings. The second-order valence-electron chi connectivity index (χ2n) is 7.99. The summed E-state index contributed by atoms with van der Waals surface area (Å²) in [6.07, 6.45) is 7.05. The molecule has 1 aliphatic heterocycles.